The number of hydrogen-bond donors (Lipinski definition) is 1. The van der Waals surface area contributed by atoms with Crippen molar-refractivity contribution in [2.45, 2.75) is 13.5 Å². The number of benzene rings is 3. The molecule has 8 heteroatoms. The van der Waals surface area contributed by atoms with Gasteiger partial charge in [0.1, 0.15) is 17.9 Å². The van der Waals surface area contributed by atoms with Gasteiger partial charge in [0.15, 0.2) is 0 Å². The van der Waals surface area contributed by atoms with Crippen molar-refractivity contribution in [2.24, 2.45) is 0 Å². The lowest BCUT2D eigenvalue weighted by molar-refractivity contribution is -0.122. The molecule has 0 saturated carbocycles. The van der Waals surface area contributed by atoms with Crippen molar-refractivity contribution in [3.05, 3.63) is 98.5 Å². The van der Waals surface area contributed by atoms with Crippen molar-refractivity contribution in [3.8, 4) is 5.75 Å². The molecule has 0 aromatic heterocycles. The number of barbiturate groups is 1. The second-order valence-corrected chi connectivity index (χ2v) is 8.64. The van der Waals surface area contributed by atoms with Gasteiger partial charge in [-0.05, 0) is 69.9 Å². The van der Waals surface area contributed by atoms with Crippen molar-refractivity contribution in [3.63, 3.8) is 0 Å². The maximum atomic E-state index is 13.1. The van der Waals surface area contributed by atoms with Crippen LogP contribution in [0.15, 0.2) is 76.8 Å². The smallest absolute Gasteiger partial charge is 0.335 e. The predicted molar refractivity (Wildman–Crippen MR) is 130 cm³/mol. The van der Waals surface area contributed by atoms with Gasteiger partial charge in [0, 0.05) is 5.02 Å². The maximum absolute atomic E-state index is 13.1. The number of nitrogens with one attached hydrogen (secondary N) is 1. The first-order valence-corrected chi connectivity index (χ1v) is 11.1. The standard InChI is InChI=1S/C25H18BrClN2O4/c1-15-7-9-18(27)13-21(15)29-24(31)19(23(30)28-25(29)32)11-17-8-10-22(20(26)12-17)33-14-16-5-3-2-4-6-16/h2-13H,14H2,1H3,(H,28,30,32)/b19-11+. The lowest BCUT2D eigenvalue weighted by Gasteiger charge is -2.27. The molecule has 3 aromatic carbocycles. The fourth-order valence-electron chi connectivity index (χ4n) is 3.33. The summed E-state index contributed by atoms with van der Waals surface area (Å²) >= 11 is 9.53. The molecule has 0 aliphatic carbocycles. The van der Waals surface area contributed by atoms with Gasteiger partial charge >= 0.3 is 6.03 Å². The summed E-state index contributed by atoms with van der Waals surface area (Å²) in [6.07, 6.45) is 1.43. The maximum Gasteiger partial charge on any atom is 0.335 e. The van der Waals surface area contributed by atoms with E-state index in [0.717, 1.165) is 10.5 Å². The molecule has 3 aromatic rings. The van der Waals surface area contributed by atoms with Crippen LogP contribution >= 0.6 is 27.5 Å². The molecule has 6 nitrogen and oxygen atoms in total. The largest absolute Gasteiger partial charge is 0.488 e. The quantitative estimate of drug-likeness (QED) is 0.345. The summed E-state index contributed by atoms with van der Waals surface area (Å²) in [6.45, 7) is 2.15. The number of aryl methyl sites for hydroxylation is 1. The molecule has 1 N–H and O–H groups in total. The van der Waals surface area contributed by atoms with Crippen molar-refractivity contribution >= 4 is 57.1 Å². The Hall–Kier alpha value is -3.42. The van der Waals surface area contributed by atoms with Crippen LogP contribution in [0.2, 0.25) is 5.02 Å². The van der Waals surface area contributed by atoms with Crippen LogP contribution in [0.3, 0.4) is 0 Å². The summed E-state index contributed by atoms with van der Waals surface area (Å²) in [7, 11) is 0. The molecule has 0 bridgehead atoms. The van der Waals surface area contributed by atoms with Crippen LogP contribution in [0.5, 0.6) is 5.75 Å². The molecular formula is C25H18BrClN2O4. The van der Waals surface area contributed by atoms with Crippen molar-refractivity contribution in [1.29, 1.82) is 0 Å². The first-order valence-electron chi connectivity index (χ1n) is 9.97. The molecule has 0 atom stereocenters. The van der Waals surface area contributed by atoms with Crippen molar-refractivity contribution in [2.75, 3.05) is 4.90 Å². The molecular weight excluding hydrogens is 508 g/mol. The highest BCUT2D eigenvalue weighted by Crippen LogP contribution is 2.30. The van der Waals surface area contributed by atoms with Gasteiger partial charge in [-0.3, -0.25) is 14.9 Å². The number of amides is 4. The van der Waals surface area contributed by atoms with Gasteiger partial charge in [0.05, 0.1) is 10.2 Å². The van der Waals surface area contributed by atoms with Gasteiger partial charge in [0.2, 0.25) is 0 Å². The van der Waals surface area contributed by atoms with E-state index in [0.29, 0.717) is 38.7 Å². The Kier molecular flexibility index (Phi) is 6.62. The van der Waals surface area contributed by atoms with E-state index in [1.807, 2.05) is 30.3 Å². The number of anilines is 1. The molecule has 1 fully saturated rings. The summed E-state index contributed by atoms with van der Waals surface area (Å²) in [5, 5.41) is 2.59. The normalized spacial score (nSPS) is 15.1. The topological polar surface area (TPSA) is 75.7 Å². The minimum atomic E-state index is -0.821. The number of carbonyl (C=O) groups is 3. The SMILES string of the molecule is Cc1ccc(Cl)cc1N1C(=O)NC(=O)/C(=C\c2ccc(OCc3ccccc3)c(Br)c2)C1=O. The lowest BCUT2D eigenvalue weighted by atomic mass is 10.1. The number of imide groups is 2. The van der Waals surface area contributed by atoms with Crippen LogP contribution in [-0.2, 0) is 16.2 Å². The highest BCUT2D eigenvalue weighted by molar-refractivity contribution is 9.10. The van der Waals surface area contributed by atoms with Crippen LogP contribution in [0.1, 0.15) is 16.7 Å². The Balaban J connectivity index is 1.60. The van der Waals surface area contributed by atoms with Gasteiger partial charge < -0.3 is 4.74 Å². The van der Waals surface area contributed by atoms with Gasteiger partial charge in [0.25, 0.3) is 11.8 Å². The van der Waals surface area contributed by atoms with E-state index in [9.17, 15) is 14.4 Å². The van der Waals surface area contributed by atoms with Gasteiger partial charge in [-0.25, -0.2) is 9.69 Å². The molecule has 33 heavy (non-hydrogen) atoms. The molecule has 0 radical (unpaired) electrons. The van der Waals surface area contributed by atoms with Crippen LogP contribution < -0.4 is 15.0 Å². The number of urea groups is 1. The number of hydrogen-bond acceptors (Lipinski definition) is 4. The highest BCUT2D eigenvalue weighted by Gasteiger charge is 2.37. The summed E-state index contributed by atoms with van der Waals surface area (Å²) in [4.78, 5) is 38.9. The van der Waals surface area contributed by atoms with Gasteiger partial charge in [-0.2, -0.15) is 0 Å². The van der Waals surface area contributed by atoms with Crippen LogP contribution in [0.4, 0.5) is 10.5 Å². The number of carbonyl (C=O) groups excluding carboxylic acids is 3. The van der Waals surface area contributed by atoms with Crippen LogP contribution in [0.25, 0.3) is 6.08 Å². The molecule has 4 rings (SSSR count). The van der Waals surface area contributed by atoms with Crippen molar-refractivity contribution in [1.82, 2.24) is 5.32 Å². The minimum Gasteiger partial charge on any atom is -0.488 e. The summed E-state index contributed by atoms with van der Waals surface area (Å²) < 4.78 is 6.51. The van der Waals surface area contributed by atoms with Gasteiger partial charge in [-0.1, -0.05) is 54.1 Å². The van der Waals surface area contributed by atoms with Crippen LogP contribution in [0, 0.1) is 6.92 Å². The average molecular weight is 526 g/mol. The van der Waals surface area contributed by atoms with Crippen LogP contribution in [-0.4, -0.2) is 17.8 Å². The summed E-state index contributed by atoms with van der Waals surface area (Å²) in [6, 6.07) is 19.0. The van der Waals surface area contributed by atoms with E-state index in [-0.39, 0.29) is 5.57 Å². The second kappa shape index (κ2) is 9.60. The Morgan fingerprint density at radius 1 is 1.03 bits per heavy atom. The van der Waals surface area contributed by atoms with E-state index in [1.165, 1.54) is 12.1 Å². The monoisotopic (exact) mass is 524 g/mol. The third-order valence-corrected chi connectivity index (χ3v) is 5.87. The lowest BCUT2D eigenvalue weighted by Crippen LogP contribution is -2.54. The first-order chi connectivity index (χ1) is 15.8. The average Bonchev–Trinajstić information content (AvgIpc) is 2.79. The van der Waals surface area contributed by atoms with Crippen molar-refractivity contribution < 1.29 is 19.1 Å². The Labute approximate surface area is 203 Å². The Morgan fingerprint density at radius 2 is 1.79 bits per heavy atom. The van der Waals surface area contributed by atoms with E-state index < -0.39 is 17.8 Å². The third kappa shape index (κ3) is 4.99. The summed E-state index contributed by atoms with van der Waals surface area (Å²) in [5.41, 5.74) is 2.43. The molecule has 0 spiro atoms. The zero-order valence-corrected chi connectivity index (χ0v) is 19.8. The molecule has 0 unspecified atom stereocenters. The zero-order valence-electron chi connectivity index (χ0n) is 17.5. The molecule has 4 amide bonds. The number of rotatable bonds is 5. The van der Waals surface area contributed by atoms with E-state index in [1.54, 1.807) is 37.3 Å². The Morgan fingerprint density at radius 3 is 2.52 bits per heavy atom. The number of ether oxygens (including phenoxy) is 1. The molecule has 1 saturated heterocycles. The minimum absolute atomic E-state index is 0.168. The molecule has 1 aliphatic heterocycles. The van der Waals surface area contributed by atoms with Gasteiger partial charge in [-0.15, -0.1) is 0 Å². The van der Waals surface area contributed by atoms with E-state index in [2.05, 4.69) is 21.2 Å². The third-order valence-electron chi connectivity index (χ3n) is 5.02. The fourth-order valence-corrected chi connectivity index (χ4v) is 4.00. The number of halogens is 2. The van der Waals surface area contributed by atoms with E-state index in [4.69, 9.17) is 16.3 Å². The molecule has 1 heterocycles. The van der Waals surface area contributed by atoms with E-state index >= 15 is 0 Å². The first kappa shape index (κ1) is 22.8. The second-order valence-electron chi connectivity index (χ2n) is 7.35. The Bertz CT molecular complexity index is 1290. The summed E-state index contributed by atoms with van der Waals surface area (Å²) in [5.74, 6) is -0.872. The molecule has 1 aliphatic rings. The zero-order chi connectivity index (χ0) is 23.5. The molecule has 166 valence electrons. The fraction of sp³-hybridized carbons (Fsp3) is 0.0800. The highest BCUT2D eigenvalue weighted by atomic mass is 79.9. The predicted octanol–water partition coefficient (Wildman–Crippen LogP) is 5.66. The number of nitrogens with zero attached hydrogens (tertiary/aromatic N) is 1.